The molecule has 0 spiro atoms. The third kappa shape index (κ3) is 19.6. The fraction of sp³-hybridized carbons (Fsp3) is 0.307. The highest BCUT2D eigenvalue weighted by Gasteiger charge is 2.31. The van der Waals surface area contributed by atoms with Crippen LogP contribution in [0.4, 0.5) is 104 Å². The zero-order chi connectivity index (χ0) is 100. The summed E-state index contributed by atoms with van der Waals surface area (Å²) in [6.07, 6.45) is 9.31. The van der Waals surface area contributed by atoms with E-state index in [1.807, 2.05) is 0 Å². The van der Waals surface area contributed by atoms with Crippen molar-refractivity contribution in [2.24, 2.45) is 104 Å². The van der Waals surface area contributed by atoms with E-state index >= 15 is 0 Å². The predicted molar refractivity (Wildman–Crippen MR) is 479 cm³/mol. The van der Waals surface area contributed by atoms with E-state index in [9.17, 15) is 28.8 Å². The normalized spacial score (nSPS) is 11.5. The van der Waals surface area contributed by atoms with Gasteiger partial charge < -0.3 is 71.9 Å². The van der Waals surface area contributed by atoms with E-state index in [-0.39, 0.29) is 175 Å². The topological polar surface area (TPSA) is 784 Å². The van der Waals surface area contributed by atoms with Crippen molar-refractivity contribution in [3.8, 4) is 47.5 Å². The lowest BCUT2D eigenvalue weighted by Gasteiger charge is -2.08. The number of nitrogens with one attached hydrogen (secondary N) is 1. The van der Waals surface area contributed by atoms with Crippen LogP contribution >= 0.6 is 0 Å². The van der Waals surface area contributed by atoms with Crippen LogP contribution in [-0.4, -0.2) is 256 Å². The van der Waals surface area contributed by atoms with Gasteiger partial charge in [-0.15, -0.1) is 61.4 Å². The first-order valence-corrected chi connectivity index (χ1v) is 40.3. The van der Waals surface area contributed by atoms with Gasteiger partial charge in [-0.2, -0.15) is 119 Å². The molecule has 0 amide bonds. The summed E-state index contributed by atoms with van der Waals surface area (Å²) in [6.45, 7) is 13.8. The molecule has 0 unspecified atom stereocenters. The Morgan fingerprint density at radius 1 is 0.317 bits per heavy atom. The number of ether oxygens (including phenoxy) is 8. The molecular weight excluding hydrogens is 1830 g/mol. The maximum Gasteiger partial charge on any atom is 0.343 e. The first kappa shape index (κ1) is 97.0. The van der Waals surface area contributed by atoms with Crippen LogP contribution in [-0.2, 0) is 70.7 Å². The summed E-state index contributed by atoms with van der Waals surface area (Å²) in [5.74, 6) is -1.57. The Balaban J connectivity index is 0.000000176. The minimum Gasteiger partial charge on any atom is -0.467 e. The zero-order valence-electron chi connectivity index (χ0n) is 77.8. The molecule has 15 aromatic rings. The summed E-state index contributed by atoms with van der Waals surface area (Å²) in [4.78, 5) is 108. The van der Waals surface area contributed by atoms with Crippen LogP contribution in [0, 0.1) is 41.5 Å². The average molecular weight is 1910 g/mol. The van der Waals surface area contributed by atoms with Crippen molar-refractivity contribution in [1.29, 1.82) is 0 Å². The van der Waals surface area contributed by atoms with Gasteiger partial charge in [0.1, 0.15) is 39.7 Å². The number of nitrogens with two attached hydrogens (primary N) is 5. The second-order valence-electron chi connectivity index (χ2n) is 28.3. The Kier molecular flexibility index (Phi) is 28.7. The smallest absolute Gasteiger partial charge is 0.343 e. The summed E-state index contributed by atoms with van der Waals surface area (Å²) in [5.41, 5.74) is 36.7. The Morgan fingerprint density at radius 2 is 0.540 bits per heavy atom. The van der Waals surface area contributed by atoms with E-state index in [1.165, 1.54) is 142 Å². The molecule has 11 N–H and O–H groups in total. The fourth-order valence-corrected chi connectivity index (χ4v) is 12.5. The maximum absolute atomic E-state index is 12.3. The molecule has 15 aromatic heterocycles. The molecule has 0 bridgehead atoms. The first-order chi connectivity index (χ1) is 66.5. The second kappa shape index (κ2) is 41.1. The van der Waals surface area contributed by atoms with Crippen molar-refractivity contribution >= 4 is 140 Å². The van der Waals surface area contributed by atoms with Crippen LogP contribution in [0.3, 0.4) is 0 Å². The van der Waals surface area contributed by atoms with Crippen LogP contribution in [0.5, 0.6) is 12.0 Å². The first-order valence-electron chi connectivity index (χ1n) is 40.3. The molecular formula is C75H86N50O14. The summed E-state index contributed by atoms with van der Waals surface area (Å²) < 4.78 is 55.8. The molecule has 15 rings (SSSR count). The number of aryl methyl sites for hydroxylation is 12. The highest BCUT2D eigenvalue weighted by Crippen LogP contribution is 2.40. The van der Waals surface area contributed by atoms with E-state index in [4.69, 9.17) is 66.6 Å². The minimum atomic E-state index is -0.632. The number of hydrogen-bond donors (Lipinski definition) is 6. The van der Waals surface area contributed by atoms with E-state index in [0.29, 0.717) is 57.3 Å². The molecule has 0 atom stereocenters. The van der Waals surface area contributed by atoms with Gasteiger partial charge in [0.2, 0.25) is 0 Å². The molecule has 0 fully saturated rings. The van der Waals surface area contributed by atoms with Crippen molar-refractivity contribution in [1.82, 2.24) is 157 Å². The van der Waals surface area contributed by atoms with Gasteiger partial charge in [-0.05, 0) is 55.4 Å². The molecule has 0 aliphatic heterocycles. The molecule has 0 aliphatic rings. The van der Waals surface area contributed by atoms with Gasteiger partial charge in [-0.1, -0.05) is 0 Å². The van der Waals surface area contributed by atoms with Crippen LogP contribution in [0.2, 0.25) is 0 Å². The number of esters is 6. The highest BCUT2D eigenvalue weighted by atomic mass is 16.5. The van der Waals surface area contributed by atoms with Gasteiger partial charge in [0.25, 0.3) is 23.8 Å². The van der Waals surface area contributed by atoms with Gasteiger partial charge in [0.15, 0.2) is 116 Å². The van der Waals surface area contributed by atoms with Gasteiger partial charge in [-0.25, -0.2) is 66.8 Å². The minimum absolute atomic E-state index is 0.0129. The van der Waals surface area contributed by atoms with Crippen molar-refractivity contribution in [3.05, 3.63) is 117 Å². The number of methoxy groups -OCH3 is 6. The molecule has 0 saturated heterocycles. The summed E-state index contributed by atoms with van der Waals surface area (Å²) in [6, 6.07) is 1.40. The fourth-order valence-electron chi connectivity index (χ4n) is 12.5. The van der Waals surface area contributed by atoms with Crippen molar-refractivity contribution in [2.75, 3.05) is 96.9 Å². The van der Waals surface area contributed by atoms with Crippen LogP contribution in [0.15, 0.2) is 111 Å². The zero-order valence-corrected chi connectivity index (χ0v) is 77.8. The molecule has 720 valence electrons. The van der Waals surface area contributed by atoms with Gasteiger partial charge >= 0.3 is 47.8 Å². The van der Waals surface area contributed by atoms with E-state index in [1.54, 1.807) is 111 Å². The second-order valence-corrected chi connectivity index (χ2v) is 28.3. The van der Waals surface area contributed by atoms with Crippen molar-refractivity contribution < 1.29 is 66.7 Å². The van der Waals surface area contributed by atoms with Crippen LogP contribution < -0.4 is 43.5 Å². The lowest BCUT2D eigenvalue weighted by Crippen LogP contribution is -2.14. The third-order valence-electron chi connectivity index (χ3n) is 19.5. The average Bonchev–Trinajstić information content (AvgIpc) is 1.64. The lowest BCUT2D eigenvalue weighted by atomic mass is 10.3. The Hall–Kier alpha value is -19.6. The maximum atomic E-state index is 12.3. The molecule has 0 aromatic carbocycles. The van der Waals surface area contributed by atoms with Crippen molar-refractivity contribution in [2.45, 2.75) is 55.4 Å². The number of rotatable bonds is 29. The molecule has 64 heteroatoms. The molecule has 0 radical (unpaired) electrons. The summed E-state index contributed by atoms with van der Waals surface area (Å²) in [7, 11) is 19.1. The summed E-state index contributed by atoms with van der Waals surface area (Å²) in [5, 5.41) is 105. The Labute approximate surface area is 781 Å². The number of nitrogens with zero attached hydrogens (tertiary/aromatic N) is 44. The van der Waals surface area contributed by atoms with Crippen LogP contribution in [0.25, 0.3) is 35.4 Å². The standard InChI is InChI=1S/C26H31N17O5.C25H28N16O4.C24H27N17O5/c1-8-47-22(44)14-10-29-40(5)20(14)36-34-16-12(3)38-42(18(16)27)24-31-25(33-26(32-24)46-7)43-19(28)17(13(4)39-43)35-37-21-15(11-30-41(21)6)23(45)48-9-2;1-12-18(32-34-21-14(24(42)44-6)9-30-38(21)4)20(26)40(36-12)16-8-17(29-11-28-16)41-23(27-3)19(13(2)37-41)33-35-22-15(25(43)45-7)10-31-39(22)5;1-10-14(32-34-18-12(20(42)44-5)8-27-38(18)3)16(25)40(36-10)22-29-23(31-24(30-22)46-7)41-17(26)15(11(2)37-41)33-35-19-13(21(43)45-6)9-28-39(19)4/h10-11H,8-9,27-28H2,1-7H3;8-11,27H,26H2,1-7H3;8-9H,25-26H2,1-7H3. The lowest BCUT2D eigenvalue weighted by molar-refractivity contribution is 0.0517. The Bertz CT molecular complexity index is 7170. The number of hydrogen-bond acceptors (Lipinski definition) is 52. The predicted octanol–water partition coefficient (Wildman–Crippen LogP) is 7.55. The number of aromatic nitrogens is 32. The number of anilines is 6. The Morgan fingerprint density at radius 3 is 0.784 bits per heavy atom. The van der Waals surface area contributed by atoms with E-state index in [2.05, 4.69) is 168 Å². The largest absolute Gasteiger partial charge is 0.467 e. The van der Waals surface area contributed by atoms with E-state index < -0.39 is 35.8 Å². The molecule has 0 saturated carbocycles. The van der Waals surface area contributed by atoms with Gasteiger partial charge in [-0.3, -0.25) is 0 Å². The van der Waals surface area contributed by atoms with E-state index in [0.717, 1.165) is 0 Å². The molecule has 15 heterocycles. The molecule has 0 aliphatic carbocycles. The van der Waals surface area contributed by atoms with Gasteiger partial charge in [0, 0.05) is 55.4 Å². The van der Waals surface area contributed by atoms with Crippen LogP contribution in [0.1, 0.15) is 110 Å². The number of carbonyl (C=O) groups is 6. The SMILES string of the molecule is CCOC(=O)c1cnn(C)c1N=Nc1c(C)nn(-c2nc(OC)nc(-n3nc(C)c(N=Nc4c(C(=O)OCC)cnn4C)c3N)n2)c1N.CNc1c(N=Nc2c(C(=O)OC)cnn2C)c(C)nn1-c1cc(-n2nc(C)c(N=Nc3c(C(=O)OC)cnn3C)c2N)ncn1.COC(=O)c1cnn(C)c1N=Nc1c(C)nn(-c2nc(OC)nc(-n3nc(C)c(N=Nc4c(C(=O)OC)cnn4C)c3N)n2)c1N. The monoisotopic (exact) mass is 1910 g/mol. The molecule has 139 heavy (non-hydrogen) atoms. The summed E-state index contributed by atoms with van der Waals surface area (Å²) >= 11 is 0. The van der Waals surface area contributed by atoms with Gasteiger partial charge in [0.05, 0.1) is 127 Å². The number of carbonyl (C=O) groups excluding carboxylic acids is 6. The number of azo groups is 6. The molecule has 64 nitrogen and oxygen atoms in total. The third-order valence-corrected chi connectivity index (χ3v) is 19.5. The highest BCUT2D eigenvalue weighted by molar-refractivity contribution is 5.97. The van der Waals surface area contributed by atoms with Crippen molar-refractivity contribution in [3.63, 3.8) is 0 Å². The number of nitrogen functional groups attached to an aromatic ring is 5. The quantitative estimate of drug-likeness (QED) is 0.0150.